The Bertz CT molecular complexity index is 1690. The lowest BCUT2D eigenvalue weighted by Crippen LogP contribution is -2.36. The van der Waals surface area contributed by atoms with Crippen LogP contribution < -0.4 is 5.56 Å². The molecule has 2 aromatic heterocycles. The van der Waals surface area contributed by atoms with Gasteiger partial charge in [-0.3, -0.25) is 14.3 Å². The molecule has 41 heavy (non-hydrogen) atoms. The molecule has 2 aromatic carbocycles. The van der Waals surface area contributed by atoms with Crippen LogP contribution in [0.4, 0.5) is 13.2 Å². The van der Waals surface area contributed by atoms with Gasteiger partial charge in [0.05, 0.1) is 35.0 Å². The summed E-state index contributed by atoms with van der Waals surface area (Å²) in [6.45, 7) is 0.147. The molecule has 11 heteroatoms. The SMILES string of the molecule is Cn1cc(-c2cccc(C3(c4nc5c(c(=O)[nH]4)CN(C(=O)[C@H](O)c4cccc(C(F)(F)F)c4)CCC5)CC3)c2)cn1. The number of aromatic amines is 1. The first-order chi connectivity index (χ1) is 19.5. The van der Waals surface area contributed by atoms with Crippen LogP contribution in [0, 0.1) is 0 Å². The number of H-pyrrole nitrogens is 1. The Kier molecular flexibility index (Phi) is 6.56. The number of nitrogens with zero attached hydrogens (tertiary/aromatic N) is 4. The first-order valence-corrected chi connectivity index (χ1v) is 13.4. The van der Waals surface area contributed by atoms with E-state index < -0.39 is 29.2 Å². The van der Waals surface area contributed by atoms with Crippen molar-refractivity contribution in [2.24, 2.45) is 7.05 Å². The molecule has 6 rings (SSSR count). The van der Waals surface area contributed by atoms with Gasteiger partial charge in [-0.15, -0.1) is 0 Å². The summed E-state index contributed by atoms with van der Waals surface area (Å²) >= 11 is 0. The minimum absolute atomic E-state index is 0.0870. The maximum atomic E-state index is 13.4. The van der Waals surface area contributed by atoms with Gasteiger partial charge in [-0.2, -0.15) is 18.3 Å². The van der Waals surface area contributed by atoms with Gasteiger partial charge in [0.2, 0.25) is 0 Å². The standard InChI is InChI=1S/C30H28F3N5O3/c1-37-16-20(15-34-37)18-5-2-7-21(13-18)29(10-11-29)28-35-24-9-4-12-38(17-23(24)26(40)36-28)27(41)25(39)19-6-3-8-22(14-19)30(31,32)33/h2-3,5-8,13-16,25,39H,4,9-12,17H2,1H3,(H,35,36,40)/t25-/m1/s1. The number of aliphatic hydroxyl groups excluding tert-OH is 1. The van der Waals surface area contributed by atoms with Crippen molar-refractivity contribution < 1.29 is 23.1 Å². The number of rotatable bonds is 5. The zero-order valence-electron chi connectivity index (χ0n) is 22.3. The van der Waals surface area contributed by atoms with E-state index >= 15 is 0 Å². The average Bonchev–Trinajstić information content (AvgIpc) is 3.70. The second-order valence-corrected chi connectivity index (χ2v) is 10.8. The maximum absolute atomic E-state index is 13.4. The number of aryl methyl sites for hydroxylation is 2. The second kappa shape index (κ2) is 9.99. The summed E-state index contributed by atoms with van der Waals surface area (Å²) < 4.78 is 41.2. The molecule has 2 N–H and O–H groups in total. The average molecular weight is 564 g/mol. The predicted octanol–water partition coefficient (Wildman–Crippen LogP) is 4.28. The Morgan fingerprint density at radius 3 is 2.61 bits per heavy atom. The molecule has 1 amide bonds. The number of hydrogen-bond donors (Lipinski definition) is 2. The summed E-state index contributed by atoms with van der Waals surface area (Å²) in [5.74, 6) is -0.167. The Labute approximate surface area is 233 Å². The zero-order chi connectivity index (χ0) is 28.9. The smallest absolute Gasteiger partial charge is 0.378 e. The molecule has 3 heterocycles. The highest BCUT2D eigenvalue weighted by Crippen LogP contribution is 2.52. The lowest BCUT2D eigenvalue weighted by molar-refractivity contribution is -0.142. The highest BCUT2D eigenvalue weighted by atomic mass is 19.4. The molecule has 1 saturated carbocycles. The van der Waals surface area contributed by atoms with Gasteiger partial charge in [-0.25, -0.2) is 4.98 Å². The molecule has 212 valence electrons. The molecular formula is C30H28F3N5O3. The van der Waals surface area contributed by atoms with Gasteiger partial charge in [0.1, 0.15) is 5.82 Å². The molecule has 0 saturated heterocycles. The molecule has 1 fully saturated rings. The molecule has 0 unspecified atom stereocenters. The fourth-order valence-electron chi connectivity index (χ4n) is 5.59. The van der Waals surface area contributed by atoms with Gasteiger partial charge in [0, 0.05) is 25.4 Å². The van der Waals surface area contributed by atoms with E-state index in [2.05, 4.69) is 16.1 Å². The van der Waals surface area contributed by atoms with Crippen molar-refractivity contribution in [1.29, 1.82) is 0 Å². The summed E-state index contributed by atoms with van der Waals surface area (Å²) in [4.78, 5) is 35.7. The monoisotopic (exact) mass is 563 g/mol. The summed E-state index contributed by atoms with van der Waals surface area (Å²) in [6.07, 6.45) is -0.0219. The minimum Gasteiger partial charge on any atom is -0.378 e. The largest absolute Gasteiger partial charge is 0.416 e. The van der Waals surface area contributed by atoms with Crippen LogP contribution in [0.3, 0.4) is 0 Å². The minimum atomic E-state index is -4.60. The number of amides is 1. The van der Waals surface area contributed by atoms with Crippen LogP contribution in [0.15, 0.2) is 65.7 Å². The quantitative estimate of drug-likeness (QED) is 0.377. The van der Waals surface area contributed by atoms with E-state index in [9.17, 15) is 27.9 Å². The molecule has 1 aliphatic heterocycles. The van der Waals surface area contributed by atoms with Crippen molar-refractivity contribution in [3.05, 3.63) is 105 Å². The Balaban J connectivity index is 1.26. The van der Waals surface area contributed by atoms with E-state index in [0.29, 0.717) is 29.9 Å². The number of nitrogens with one attached hydrogen (secondary N) is 1. The highest BCUT2D eigenvalue weighted by Gasteiger charge is 2.49. The summed E-state index contributed by atoms with van der Waals surface area (Å²) in [6, 6.07) is 12.2. The number of benzene rings is 2. The summed E-state index contributed by atoms with van der Waals surface area (Å²) in [7, 11) is 1.86. The highest BCUT2D eigenvalue weighted by molar-refractivity contribution is 5.82. The Morgan fingerprint density at radius 1 is 1.12 bits per heavy atom. The van der Waals surface area contributed by atoms with E-state index in [0.717, 1.165) is 47.7 Å². The molecule has 0 radical (unpaired) electrons. The zero-order valence-corrected chi connectivity index (χ0v) is 22.3. The summed E-state index contributed by atoms with van der Waals surface area (Å²) in [5, 5.41) is 14.9. The number of carbonyl (C=O) groups excluding carboxylic acids is 1. The fraction of sp³-hybridized carbons (Fsp3) is 0.333. The predicted molar refractivity (Wildman–Crippen MR) is 144 cm³/mol. The number of aromatic nitrogens is 4. The summed E-state index contributed by atoms with van der Waals surface area (Å²) in [5.41, 5.74) is 2.13. The molecule has 0 bridgehead atoms. The number of hydrogen-bond acceptors (Lipinski definition) is 5. The van der Waals surface area contributed by atoms with E-state index in [1.807, 2.05) is 31.4 Å². The molecular weight excluding hydrogens is 535 g/mol. The molecule has 4 aromatic rings. The van der Waals surface area contributed by atoms with Crippen molar-refractivity contribution in [2.45, 2.75) is 49.9 Å². The van der Waals surface area contributed by atoms with Gasteiger partial charge < -0.3 is 15.0 Å². The third kappa shape index (κ3) is 5.06. The van der Waals surface area contributed by atoms with E-state index in [1.165, 1.54) is 11.0 Å². The van der Waals surface area contributed by atoms with E-state index in [1.54, 1.807) is 10.9 Å². The van der Waals surface area contributed by atoms with E-state index in [-0.39, 0.29) is 24.2 Å². The first-order valence-electron chi connectivity index (χ1n) is 13.4. The Hall–Kier alpha value is -4.25. The Morgan fingerprint density at radius 2 is 1.90 bits per heavy atom. The molecule has 1 aliphatic carbocycles. The molecule has 0 spiro atoms. The third-order valence-electron chi connectivity index (χ3n) is 8.02. The van der Waals surface area contributed by atoms with Crippen LogP contribution in [0.2, 0.25) is 0 Å². The van der Waals surface area contributed by atoms with Crippen LogP contribution in [-0.2, 0) is 36.4 Å². The van der Waals surface area contributed by atoms with Gasteiger partial charge >= 0.3 is 6.18 Å². The van der Waals surface area contributed by atoms with Crippen molar-refractivity contribution >= 4 is 5.91 Å². The van der Waals surface area contributed by atoms with Crippen molar-refractivity contribution in [3.63, 3.8) is 0 Å². The number of fused-ring (bicyclic) bond motifs is 1. The van der Waals surface area contributed by atoms with Crippen LogP contribution in [0.1, 0.15) is 59.1 Å². The lowest BCUT2D eigenvalue weighted by atomic mass is 9.92. The number of aliphatic hydroxyl groups is 1. The van der Waals surface area contributed by atoms with Crippen LogP contribution >= 0.6 is 0 Å². The lowest BCUT2D eigenvalue weighted by Gasteiger charge is -2.24. The van der Waals surface area contributed by atoms with E-state index in [4.69, 9.17) is 4.98 Å². The van der Waals surface area contributed by atoms with Gasteiger partial charge in [0.25, 0.3) is 11.5 Å². The van der Waals surface area contributed by atoms with Gasteiger partial charge in [-0.1, -0.05) is 36.4 Å². The second-order valence-electron chi connectivity index (χ2n) is 10.8. The van der Waals surface area contributed by atoms with Crippen molar-refractivity contribution in [2.75, 3.05) is 6.54 Å². The van der Waals surface area contributed by atoms with Gasteiger partial charge in [0.15, 0.2) is 6.10 Å². The number of alkyl halides is 3. The van der Waals surface area contributed by atoms with Crippen LogP contribution in [0.25, 0.3) is 11.1 Å². The van der Waals surface area contributed by atoms with Crippen molar-refractivity contribution in [1.82, 2.24) is 24.6 Å². The topological polar surface area (TPSA) is 104 Å². The fourth-order valence-corrected chi connectivity index (χ4v) is 5.59. The molecule has 1 atom stereocenters. The maximum Gasteiger partial charge on any atom is 0.416 e. The van der Waals surface area contributed by atoms with Crippen molar-refractivity contribution in [3.8, 4) is 11.1 Å². The first kappa shape index (κ1) is 26.9. The third-order valence-corrected chi connectivity index (χ3v) is 8.02. The van der Waals surface area contributed by atoms with Gasteiger partial charge in [-0.05, 0) is 54.5 Å². The normalized spacial score (nSPS) is 17.0. The number of halogens is 3. The van der Waals surface area contributed by atoms with Crippen LogP contribution in [0.5, 0.6) is 0 Å². The van der Waals surface area contributed by atoms with Crippen LogP contribution in [-0.4, -0.2) is 42.2 Å². The number of carbonyl (C=O) groups is 1. The molecule has 2 aliphatic rings. The molecule has 8 nitrogen and oxygen atoms in total.